The molecule has 92 valence electrons. The first-order valence-corrected chi connectivity index (χ1v) is 5.33. The zero-order chi connectivity index (χ0) is 12.8. The van der Waals surface area contributed by atoms with Crippen LogP contribution in [0.4, 0.5) is 10.5 Å². The predicted octanol–water partition coefficient (Wildman–Crippen LogP) is 1.90. The van der Waals surface area contributed by atoms with E-state index in [1.807, 2.05) is 26.0 Å². The van der Waals surface area contributed by atoms with Gasteiger partial charge < -0.3 is 15.7 Å². The van der Waals surface area contributed by atoms with Crippen LogP contribution in [0.25, 0.3) is 0 Å². The molecule has 0 saturated carbocycles. The quantitative estimate of drug-likeness (QED) is 0.747. The summed E-state index contributed by atoms with van der Waals surface area (Å²) in [5.41, 5.74) is 2.94. The summed E-state index contributed by atoms with van der Waals surface area (Å²) in [5, 5.41) is 13.5. The maximum Gasteiger partial charge on any atom is 0.319 e. The Balaban J connectivity index is 2.45. The van der Waals surface area contributed by atoms with Crippen molar-refractivity contribution in [1.29, 1.82) is 0 Å². The monoisotopic (exact) mass is 236 g/mol. The summed E-state index contributed by atoms with van der Waals surface area (Å²) >= 11 is 0. The molecule has 1 rings (SSSR count). The van der Waals surface area contributed by atoms with Crippen LogP contribution in [0.3, 0.4) is 0 Å². The molecule has 5 heteroatoms. The number of rotatable bonds is 4. The van der Waals surface area contributed by atoms with Gasteiger partial charge in [-0.3, -0.25) is 4.79 Å². The third-order valence-corrected chi connectivity index (χ3v) is 2.39. The van der Waals surface area contributed by atoms with Crippen LogP contribution in [0.2, 0.25) is 0 Å². The number of aryl methyl sites for hydroxylation is 2. The van der Waals surface area contributed by atoms with Crippen molar-refractivity contribution in [3.63, 3.8) is 0 Å². The van der Waals surface area contributed by atoms with E-state index in [-0.39, 0.29) is 13.0 Å². The van der Waals surface area contributed by atoms with Crippen molar-refractivity contribution in [2.24, 2.45) is 0 Å². The highest BCUT2D eigenvalue weighted by Crippen LogP contribution is 2.13. The topological polar surface area (TPSA) is 78.4 Å². The molecule has 0 aliphatic carbocycles. The van der Waals surface area contributed by atoms with E-state index in [0.29, 0.717) is 5.69 Å². The SMILES string of the molecule is Cc1ccc(NC(=O)NCCC(=O)O)cc1C. The number of carbonyl (C=O) groups excluding carboxylic acids is 1. The van der Waals surface area contributed by atoms with E-state index < -0.39 is 12.0 Å². The number of carboxylic acid groups (broad SMARTS) is 1. The van der Waals surface area contributed by atoms with E-state index in [9.17, 15) is 9.59 Å². The average Bonchev–Trinajstić information content (AvgIpc) is 2.23. The van der Waals surface area contributed by atoms with E-state index in [0.717, 1.165) is 11.1 Å². The van der Waals surface area contributed by atoms with Crippen molar-refractivity contribution < 1.29 is 14.7 Å². The largest absolute Gasteiger partial charge is 0.481 e. The Morgan fingerprint density at radius 3 is 2.53 bits per heavy atom. The summed E-state index contributed by atoms with van der Waals surface area (Å²) in [5.74, 6) is -0.934. The number of benzene rings is 1. The van der Waals surface area contributed by atoms with Crippen LogP contribution in [0, 0.1) is 13.8 Å². The number of anilines is 1. The lowest BCUT2D eigenvalue weighted by molar-refractivity contribution is -0.136. The summed E-state index contributed by atoms with van der Waals surface area (Å²) < 4.78 is 0. The summed E-state index contributed by atoms with van der Waals surface area (Å²) in [7, 11) is 0. The Morgan fingerprint density at radius 2 is 1.94 bits per heavy atom. The molecule has 0 aliphatic heterocycles. The zero-order valence-corrected chi connectivity index (χ0v) is 9.91. The Hall–Kier alpha value is -2.04. The lowest BCUT2D eigenvalue weighted by Gasteiger charge is -2.08. The Labute approximate surface area is 99.8 Å². The van der Waals surface area contributed by atoms with Gasteiger partial charge in [-0.1, -0.05) is 6.07 Å². The van der Waals surface area contributed by atoms with Gasteiger partial charge in [0.1, 0.15) is 0 Å². The van der Waals surface area contributed by atoms with Gasteiger partial charge in [0.15, 0.2) is 0 Å². The van der Waals surface area contributed by atoms with Crippen molar-refractivity contribution in [2.45, 2.75) is 20.3 Å². The van der Waals surface area contributed by atoms with Crippen molar-refractivity contribution >= 4 is 17.7 Å². The van der Waals surface area contributed by atoms with Gasteiger partial charge >= 0.3 is 12.0 Å². The Morgan fingerprint density at radius 1 is 1.24 bits per heavy atom. The molecule has 0 atom stereocenters. The Kier molecular flexibility index (Phi) is 4.51. The molecule has 17 heavy (non-hydrogen) atoms. The van der Waals surface area contributed by atoms with Gasteiger partial charge in [-0.05, 0) is 37.1 Å². The number of amides is 2. The number of hydrogen-bond acceptors (Lipinski definition) is 2. The molecule has 0 aromatic heterocycles. The first-order chi connectivity index (χ1) is 7.99. The highest BCUT2D eigenvalue weighted by molar-refractivity contribution is 5.89. The lowest BCUT2D eigenvalue weighted by atomic mass is 10.1. The van der Waals surface area contributed by atoms with Gasteiger partial charge in [0, 0.05) is 12.2 Å². The summed E-state index contributed by atoms with van der Waals surface area (Å²) in [6.07, 6.45) is -0.0830. The fourth-order valence-corrected chi connectivity index (χ4v) is 1.28. The second-order valence-electron chi connectivity index (χ2n) is 3.82. The molecule has 0 fully saturated rings. The number of urea groups is 1. The number of nitrogens with one attached hydrogen (secondary N) is 2. The molecule has 0 spiro atoms. The molecule has 2 amide bonds. The fourth-order valence-electron chi connectivity index (χ4n) is 1.28. The molecule has 0 radical (unpaired) electrons. The van der Waals surface area contributed by atoms with Gasteiger partial charge in [-0.15, -0.1) is 0 Å². The molecule has 1 aromatic carbocycles. The van der Waals surface area contributed by atoms with Crippen LogP contribution in [0.1, 0.15) is 17.5 Å². The molecule has 0 unspecified atom stereocenters. The zero-order valence-electron chi connectivity index (χ0n) is 9.91. The molecule has 0 aliphatic rings. The highest BCUT2D eigenvalue weighted by atomic mass is 16.4. The summed E-state index contributed by atoms with van der Waals surface area (Å²) in [4.78, 5) is 21.6. The maximum absolute atomic E-state index is 11.4. The first-order valence-electron chi connectivity index (χ1n) is 5.33. The van der Waals surface area contributed by atoms with Crippen LogP contribution in [-0.4, -0.2) is 23.7 Å². The molecule has 0 heterocycles. The maximum atomic E-state index is 11.4. The predicted molar refractivity (Wildman–Crippen MR) is 65.2 cm³/mol. The second-order valence-corrected chi connectivity index (χ2v) is 3.82. The molecular weight excluding hydrogens is 220 g/mol. The van der Waals surface area contributed by atoms with Crippen molar-refractivity contribution in [2.75, 3.05) is 11.9 Å². The third-order valence-electron chi connectivity index (χ3n) is 2.39. The van der Waals surface area contributed by atoms with Crippen LogP contribution in [-0.2, 0) is 4.79 Å². The van der Waals surface area contributed by atoms with E-state index in [2.05, 4.69) is 10.6 Å². The van der Waals surface area contributed by atoms with Crippen molar-refractivity contribution in [3.05, 3.63) is 29.3 Å². The normalized spacial score (nSPS) is 9.76. The number of carbonyl (C=O) groups is 2. The van der Waals surface area contributed by atoms with Crippen LogP contribution >= 0.6 is 0 Å². The molecule has 3 N–H and O–H groups in total. The van der Waals surface area contributed by atoms with Crippen LogP contribution in [0.15, 0.2) is 18.2 Å². The second kappa shape index (κ2) is 5.89. The van der Waals surface area contributed by atoms with Gasteiger partial charge in [-0.25, -0.2) is 4.79 Å². The average molecular weight is 236 g/mol. The first kappa shape index (κ1) is 13.0. The molecule has 0 saturated heterocycles. The fraction of sp³-hybridized carbons (Fsp3) is 0.333. The van der Waals surface area contributed by atoms with Gasteiger partial charge in [-0.2, -0.15) is 0 Å². The van der Waals surface area contributed by atoms with Gasteiger partial charge in [0.2, 0.25) is 0 Å². The molecule has 0 bridgehead atoms. The van der Waals surface area contributed by atoms with Crippen LogP contribution in [0.5, 0.6) is 0 Å². The minimum atomic E-state index is -0.934. The minimum absolute atomic E-state index is 0.0830. The number of hydrogen-bond donors (Lipinski definition) is 3. The van der Waals surface area contributed by atoms with Crippen molar-refractivity contribution in [3.8, 4) is 0 Å². The van der Waals surface area contributed by atoms with Crippen molar-refractivity contribution in [1.82, 2.24) is 5.32 Å². The third kappa shape index (κ3) is 4.55. The molecular formula is C12H16N2O3. The number of carboxylic acids is 1. The molecule has 5 nitrogen and oxygen atoms in total. The summed E-state index contributed by atoms with van der Waals surface area (Å²) in [6.45, 7) is 4.07. The lowest BCUT2D eigenvalue weighted by Crippen LogP contribution is -2.30. The van der Waals surface area contributed by atoms with Gasteiger partial charge in [0.25, 0.3) is 0 Å². The smallest absolute Gasteiger partial charge is 0.319 e. The highest BCUT2D eigenvalue weighted by Gasteiger charge is 2.03. The van der Waals surface area contributed by atoms with Gasteiger partial charge in [0.05, 0.1) is 6.42 Å². The molecule has 1 aromatic rings. The van der Waals surface area contributed by atoms with E-state index in [1.165, 1.54) is 0 Å². The van der Waals surface area contributed by atoms with Crippen LogP contribution < -0.4 is 10.6 Å². The van der Waals surface area contributed by atoms with E-state index >= 15 is 0 Å². The van der Waals surface area contributed by atoms with E-state index in [4.69, 9.17) is 5.11 Å². The number of aliphatic carboxylic acids is 1. The van der Waals surface area contributed by atoms with E-state index in [1.54, 1.807) is 6.07 Å². The Bertz CT molecular complexity index is 430. The summed E-state index contributed by atoms with van der Waals surface area (Å²) in [6, 6.07) is 5.20. The standard InChI is InChI=1S/C12H16N2O3/c1-8-3-4-10(7-9(8)2)14-12(17)13-6-5-11(15)16/h3-4,7H,5-6H2,1-2H3,(H,15,16)(H2,13,14,17). The minimum Gasteiger partial charge on any atom is -0.481 e.